The molecule has 0 bridgehead atoms. The maximum absolute atomic E-state index is 13.0. The Morgan fingerprint density at radius 3 is 2.31 bits per heavy atom. The number of aliphatic hydroxyl groups is 2. The monoisotopic (exact) mass is 354 g/mol. The second-order valence-electron chi connectivity index (χ2n) is 5.91. The molecule has 0 aliphatic heterocycles. The van der Waals surface area contributed by atoms with Gasteiger partial charge in [-0.1, -0.05) is 24.3 Å². The topological polar surface area (TPSA) is 116 Å². The fraction of sp³-hybridized carbons (Fsp3) is 0.211. The summed E-state index contributed by atoms with van der Waals surface area (Å²) in [6.07, 6.45) is -1.05. The van der Waals surface area contributed by atoms with Crippen molar-refractivity contribution in [1.29, 1.82) is 0 Å². The first kappa shape index (κ1) is 17.8. The minimum Gasteiger partial charge on any atom is -0.395 e. The van der Waals surface area contributed by atoms with Gasteiger partial charge >= 0.3 is 0 Å². The fourth-order valence-electron chi connectivity index (χ4n) is 3.00. The predicted octanol–water partition coefficient (Wildman–Crippen LogP) is 0.934. The minimum absolute atomic E-state index is 0.0414. The van der Waals surface area contributed by atoms with E-state index in [1.54, 1.807) is 24.3 Å². The lowest BCUT2D eigenvalue weighted by Crippen LogP contribution is -2.30. The van der Waals surface area contributed by atoms with Gasteiger partial charge in [-0.3, -0.25) is 14.4 Å². The summed E-state index contributed by atoms with van der Waals surface area (Å²) in [6.45, 7) is 1.25. The van der Waals surface area contributed by atoms with Gasteiger partial charge < -0.3 is 20.8 Å². The molecule has 7 heteroatoms. The quantitative estimate of drug-likeness (QED) is 0.507. The number of benzene rings is 2. The highest BCUT2D eigenvalue weighted by molar-refractivity contribution is 6.31. The van der Waals surface area contributed by atoms with E-state index in [2.05, 4.69) is 10.6 Å². The maximum atomic E-state index is 13.0. The number of rotatable bonds is 5. The number of fused-ring (bicyclic) bond motifs is 2. The highest BCUT2D eigenvalue weighted by Crippen LogP contribution is 2.34. The van der Waals surface area contributed by atoms with Crippen LogP contribution in [0.25, 0.3) is 0 Å². The van der Waals surface area contributed by atoms with Crippen LogP contribution in [0.1, 0.15) is 49.1 Å². The molecule has 0 radical (unpaired) electrons. The number of ketones is 2. The van der Waals surface area contributed by atoms with Crippen LogP contribution in [0.5, 0.6) is 0 Å². The van der Waals surface area contributed by atoms with Crippen LogP contribution in [0.15, 0.2) is 36.4 Å². The summed E-state index contributed by atoms with van der Waals surface area (Å²) in [5.41, 5.74) is 1.01. The third-order valence-corrected chi connectivity index (χ3v) is 4.09. The first-order chi connectivity index (χ1) is 12.5. The Labute approximate surface area is 149 Å². The van der Waals surface area contributed by atoms with Gasteiger partial charge in [0.25, 0.3) is 5.91 Å². The average molecular weight is 354 g/mol. The number of carbonyl (C=O) groups is 3. The Kier molecular flexibility index (Phi) is 4.83. The molecule has 0 heterocycles. The van der Waals surface area contributed by atoms with E-state index in [0.717, 1.165) is 0 Å². The molecule has 0 saturated heterocycles. The Bertz CT molecular complexity index is 905. The van der Waals surface area contributed by atoms with E-state index in [-0.39, 0.29) is 46.9 Å². The zero-order chi connectivity index (χ0) is 18.8. The molecule has 3 rings (SSSR count). The number of aliphatic hydroxyl groups excluding tert-OH is 2. The highest BCUT2D eigenvalue weighted by atomic mass is 16.3. The van der Waals surface area contributed by atoms with Gasteiger partial charge in [0.1, 0.15) is 6.23 Å². The summed E-state index contributed by atoms with van der Waals surface area (Å²) in [5, 5.41) is 23.9. The van der Waals surface area contributed by atoms with Crippen LogP contribution in [-0.4, -0.2) is 47.1 Å². The van der Waals surface area contributed by atoms with Crippen LogP contribution in [0.4, 0.5) is 5.69 Å². The van der Waals surface area contributed by atoms with Crippen LogP contribution in [-0.2, 0) is 0 Å². The zero-order valence-corrected chi connectivity index (χ0v) is 14.1. The van der Waals surface area contributed by atoms with E-state index in [1.807, 2.05) is 0 Å². The number of nitrogens with one attached hydrogen (secondary N) is 2. The van der Waals surface area contributed by atoms with E-state index in [1.165, 1.54) is 19.1 Å². The third-order valence-electron chi connectivity index (χ3n) is 4.09. The number of amides is 1. The zero-order valence-electron chi connectivity index (χ0n) is 14.1. The Balaban J connectivity index is 2.20. The largest absolute Gasteiger partial charge is 0.395 e. The van der Waals surface area contributed by atoms with Crippen molar-refractivity contribution in [2.75, 3.05) is 18.5 Å². The van der Waals surface area contributed by atoms with Gasteiger partial charge in [-0.25, -0.2) is 0 Å². The molecule has 2 aromatic rings. The summed E-state index contributed by atoms with van der Waals surface area (Å²) in [7, 11) is 0. The first-order valence-electron chi connectivity index (χ1n) is 8.14. The number of carbonyl (C=O) groups excluding carboxylic acids is 3. The molecule has 134 valence electrons. The van der Waals surface area contributed by atoms with Gasteiger partial charge in [0.15, 0.2) is 11.6 Å². The van der Waals surface area contributed by atoms with E-state index >= 15 is 0 Å². The van der Waals surface area contributed by atoms with Gasteiger partial charge in [-0.05, 0) is 19.1 Å². The summed E-state index contributed by atoms with van der Waals surface area (Å²) < 4.78 is 0. The molecule has 26 heavy (non-hydrogen) atoms. The van der Waals surface area contributed by atoms with Crippen LogP contribution < -0.4 is 10.6 Å². The fourth-order valence-corrected chi connectivity index (χ4v) is 3.00. The second-order valence-corrected chi connectivity index (χ2v) is 5.91. The van der Waals surface area contributed by atoms with E-state index < -0.39 is 17.9 Å². The molecule has 1 unspecified atom stereocenters. The molecule has 0 saturated carbocycles. The van der Waals surface area contributed by atoms with Crippen LogP contribution in [0.3, 0.4) is 0 Å². The lowest BCUT2D eigenvalue weighted by atomic mass is 9.82. The molecule has 7 nitrogen and oxygen atoms in total. The normalized spacial score (nSPS) is 13.7. The van der Waals surface area contributed by atoms with Crippen molar-refractivity contribution in [2.24, 2.45) is 0 Å². The van der Waals surface area contributed by atoms with Gasteiger partial charge in [-0.2, -0.15) is 0 Å². The second kappa shape index (κ2) is 7.07. The van der Waals surface area contributed by atoms with Crippen LogP contribution in [0, 0.1) is 0 Å². The van der Waals surface area contributed by atoms with E-state index in [4.69, 9.17) is 5.11 Å². The van der Waals surface area contributed by atoms with Gasteiger partial charge in [0, 0.05) is 23.2 Å². The molecule has 0 aromatic heterocycles. The maximum Gasteiger partial charge on any atom is 0.253 e. The number of anilines is 1. The Morgan fingerprint density at radius 1 is 1.04 bits per heavy atom. The van der Waals surface area contributed by atoms with Gasteiger partial charge in [0.05, 0.1) is 23.4 Å². The van der Waals surface area contributed by atoms with Crippen LogP contribution >= 0.6 is 0 Å². The summed E-state index contributed by atoms with van der Waals surface area (Å²) in [5.74, 6) is -1.23. The predicted molar refractivity (Wildman–Crippen MR) is 94.5 cm³/mol. The van der Waals surface area contributed by atoms with E-state index in [0.29, 0.717) is 5.56 Å². The van der Waals surface area contributed by atoms with Crippen molar-refractivity contribution in [1.82, 2.24) is 5.32 Å². The lowest BCUT2D eigenvalue weighted by Gasteiger charge is -2.23. The van der Waals surface area contributed by atoms with Crippen molar-refractivity contribution in [3.05, 3.63) is 64.2 Å². The summed E-state index contributed by atoms with van der Waals surface area (Å²) in [4.78, 5) is 38.2. The summed E-state index contributed by atoms with van der Waals surface area (Å²) in [6, 6.07) is 9.35. The summed E-state index contributed by atoms with van der Waals surface area (Å²) >= 11 is 0. The molecule has 1 amide bonds. The highest BCUT2D eigenvalue weighted by Gasteiger charge is 2.33. The lowest BCUT2D eigenvalue weighted by molar-refractivity contribution is 0.0943. The third kappa shape index (κ3) is 2.98. The van der Waals surface area contributed by atoms with Crippen molar-refractivity contribution in [3.63, 3.8) is 0 Å². The minimum atomic E-state index is -1.05. The van der Waals surface area contributed by atoms with Gasteiger partial charge in [-0.15, -0.1) is 0 Å². The molecule has 0 spiro atoms. The molecule has 4 N–H and O–H groups in total. The smallest absolute Gasteiger partial charge is 0.253 e. The van der Waals surface area contributed by atoms with Crippen molar-refractivity contribution in [2.45, 2.75) is 13.2 Å². The van der Waals surface area contributed by atoms with Crippen LogP contribution in [0.2, 0.25) is 0 Å². The number of hydrogen-bond acceptors (Lipinski definition) is 6. The van der Waals surface area contributed by atoms with Crippen molar-refractivity contribution < 1.29 is 24.6 Å². The molecule has 2 aromatic carbocycles. The Morgan fingerprint density at radius 2 is 1.69 bits per heavy atom. The number of hydrogen-bond donors (Lipinski definition) is 4. The van der Waals surface area contributed by atoms with Crippen molar-refractivity contribution in [3.8, 4) is 0 Å². The SMILES string of the molecule is CC(O)Nc1c(C(=O)NCCO)ccc2c1C(=O)c1ccccc1C2=O. The standard InChI is InChI=1S/C19H18N2O5/c1-10(23)21-16-14(19(26)20-8-9-22)7-6-13-15(16)18(25)12-5-3-2-4-11(12)17(13)24/h2-7,10,21-23H,8-9H2,1H3,(H,20,26). The molecule has 1 aliphatic rings. The first-order valence-corrected chi connectivity index (χ1v) is 8.14. The average Bonchev–Trinajstić information content (AvgIpc) is 2.63. The molecular formula is C19H18N2O5. The molecule has 1 atom stereocenters. The van der Waals surface area contributed by atoms with Gasteiger partial charge in [0.2, 0.25) is 0 Å². The van der Waals surface area contributed by atoms with Crippen molar-refractivity contribution >= 4 is 23.2 Å². The Hall–Kier alpha value is -3.03. The molecule has 1 aliphatic carbocycles. The van der Waals surface area contributed by atoms with E-state index in [9.17, 15) is 19.5 Å². The molecule has 0 fully saturated rings. The molecular weight excluding hydrogens is 336 g/mol.